The fraction of sp³-hybridized carbons (Fsp3) is 0.170. The van der Waals surface area contributed by atoms with Crippen molar-refractivity contribution in [3.63, 3.8) is 0 Å². The van der Waals surface area contributed by atoms with E-state index in [9.17, 15) is 0 Å². The number of anilines is 6. The van der Waals surface area contributed by atoms with Gasteiger partial charge in [0.2, 0.25) is 0 Å². The quantitative estimate of drug-likeness (QED) is 0.141. The van der Waals surface area contributed by atoms with E-state index in [1.54, 1.807) is 0 Å². The molecule has 0 fully saturated rings. The van der Waals surface area contributed by atoms with Gasteiger partial charge < -0.3 is 18.9 Å². The molecule has 99 heavy (non-hydrogen) atoms. The van der Waals surface area contributed by atoms with Crippen molar-refractivity contribution in [1.29, 1.82) is 0 Å². The van der Waals surface area contributed by atoms with E-state index < -0.39 is 0 Å². The van der Waals surface area contributed by atoms with Gasteiger partial charge in [0, 0.05) is 77.9 Å². The second-order valence-electron chi connectivity index (χ2n) is 31.7. The Balaban J connectivity index is 0.967. The van der Waals surface area contributed by atoms with Crippen molar-refractivity contribution in [2.75, 3.05) is 9.80 Å². The van der Waals surface area contributed by atoms with Gasteiger partial charge in [-0.2, -0.15) is 0 Å². The van der Waals surface area contributed by atoms with Gasteiger partial charge in [0.05, 0.1) is 33.4 Å². The number of rotatable bonds is 8. The fourth-order valence-corrected chi connectivity index (χ4v) is 16.6. The Morgan fingerprint density at radius 1 is 0.253 bits per heavy atom. The summed E-state index contributed by atoms with van der Waals surface area (Å²) in [6.45, 7) is 27.6. The van der Waals surface area contributed by atoms with Crippen molar-refractivity contribution < 1.29 is 0 Å². The fourth-order valence-electron chi connectivity index (χ4n) is 16.6. The summed E-state index contributed by atoms with van der Waals surface area (Å²) in [4.78, 5) is 5.27. The highest BCUT2D eigenvalue weighted by molar-refractivity contribution is 7.00. The van der Waals surface area contributed by atoms with Gasteiger partial charge in [0.1, 0.15) is 0 Å². The number of hydrogen-bond acceptors (Lipinski definition) is 2. The van der Waals surface area contributed by atoms with E-state index >= 15 is 0 Å². The monoisotopic (exact) mass is 1280 g/mol. The highest BCUT2D eigenvalue weighted by Crippen LogP contribution is 2.52. The molecule has 13 aromatic carbocycles. The molecule has 15 aromatic rings. The minimum absolute atomic E-state index is 0.0274. The lowest BCUT2D eigenvalue weighted by molar-refractivity contribution is 0.590. The van der Waals surface area contributed by atoms with Crippen LogP contribution in [0.25, 0.3) is 99.5 Å². The van der Waals surface area contributed by atoms with Gasteiger partial charge in [0.15, 0.2) is 0 Å². The Hall–Kier alpha value is -10.9. The molecular formula is C94H83BN4. The average molecular weight is 1280 g/mol. The predicted molar refractivity (Wildman–Crippen MR) is 426 cm³/mol. The van der Waals surface area contributed by atoms with Gasteiger partial charge in [-0.25, -0.2) is 0 Å². The third-order valence-corrected chi connectivity index (χ3v) is 21.3. The second kappa shape index (κ2) is 22.9. The first-order valence-electron chi connectivity index (χ1n) is 35.4. The minimum atomic E-state index is -0.176. The maximum atomic E-state index is 2.63. The molecule has 0 radical (unpaired) electrons. The van der Waals surface area contributed by atoms with E-state index in [1.807, 2.05) is 0 Å². The van der Waals surface area contributed by atoms with E-state index in [2.05, 4.69) is 387 Å². The van der Waals surface area contributed by atoms with Crippen LogP contribution in [0.15, 0.2) is 285 Å². The summed E-state index contributed by atoms with van der Waals surface area (Å²) in [5.41, 5.74) is 32.2. The molecule has 2 aliphatic heterocycles. The Bertz CT molecular complexity index is 5380. The molecule has 482 valence electrons. The number of benzene rings is 13. The molecule has 0 aliphatic carbocycles. The summed E-state index contributed by atoms with van der Waals surface area (Å²) in [5, 5.41) is 4.91. The van der Waals surface area contributed by atoms with Gasteiger partial charge >= 0.3 is 0 Å². The van der Waals surface area contributed by atoms with E-state index in [4.69, 9.17) is 0 Å². The first-order valence-corrected chi connectivity index (χ1v) is 35.4. The smallest absolute Gasteiger partial charge is 0.252 e. The molecule has 4 heterocycles. The van der Waals surface area contributed by atoms with Crippen molar-refractivity contribution in [3.05, 3.63) is 307 Å². The van der Waals surface area contributed by atoms with Crippen LogP contribution in [0.4, 0.5) is 34.1 Å². The standard InChI is InChI=1S/C94H83BN4/c1-91(2,3)62-50-46-60(47-51-62)66-34-25-36-74-72-32-17-21-40-80(72)96(89(66)74)64-54-56-78-86(58-64)98(82-42-23-15-30-70(82)68-28-13-19-38-76(68)93(7,8)9)84-44-27-45-85-88(84)95(78)79-57-55-65(59-87(79)99(85)83-43-24-16-31-71(83)69-29-14-20-39-77(69)94(10,11)12)97-81-41-22-18-33-73(81)75-37-26-35-67(90(75)97)61-48-52-63(53-49-61)92(4,5)6/h13-59H,1-12H3. The first-order chi connectivity index (χ1) is 47.7. The van der Waals surface area contributed by atoms with Crippen LogP contribution in [0, 0.1) is 0 Å². The lowest BCUT2D eigenvalue weighted by atomic mass is 9.33. The van der Waals surface area contributed by atoms with Crippen LogP contribution >= 0.6 is 0 Å². The van der Waals surface area contributed by atoms with Gasteiger partial charge in [-0.1, -0.05) is 308 Å². The number of nitrogens with zero attached hydrogens (tertiary/aromatic N) is 4. The molecular weight excluding hydrogens is 1200 g/mol. The number of aromatic nitrogens is 2. The molecule has 5 heteroatoms. The van der Waals surface area contributed by atoms with Crippen molar-refractivity contribution in [2.24, 2.45) is 0 Å². The third kappa shape index (κ3) is 10.0. The lowest BCUT2D eigenvalue weighted by Crippen LogP contribution is -2.61. The van der Waals surface area contributed by atoms with Crippen LogP contribution in [-0.2, 0) is 21.7 Å². The van der Waals surface area contributed by atoms with E-state index in [-0.39, 0.29) is 28.4 Å². The Morgan fingerprint density at radius 2 is 0.586 bits per heavy atom. The van der Waals surface area contributed by atoms with Crippen molar-refractivity contribution in [2.45, 2.75) is 105 Å². The number of fused-ring (bicyclic) bond motifs is 10. The van der Waals surface area contributed by atoms with E-state index in [0.29, 0.717) is 0 Å². The molecule has 0 saturated heterocycles. The summed E-state index contributed by atoms with van der Waals surface area (Å²) < 4.78 is 5.11. The molecule has 17 rings (SSSR count). The predicted octanol–water partition coefficient (Wildman–Crippen LogP) is 23.8. The molecule has 0 saturated carbocycles. The SMILES string of the molecule is CC(C)(C)c1ccc(-c2cccc3c4ccccc4n(-c4ccc5c(c4)N(c4ccccc4-c4ccccc4C(C)(C)C)c4cccc6c4B5c4ccc(-n5c7ccccc7c7cccc(-c8ccc(C(C)(C)C)cc8)c75)cc4N6c4ccccc4-c4ccccc4C(C)(C)C)c23)cc1. The molecule has 0 unspecified atom stereocenters. The average Bonchev–Trinajstić information content (AvgIpc) is 0.996. The second-order valence-corrected chi connectivity index (χ2v) is 31.7. The van der Waals surface area contributed by atoms with Crippen LogP contribution in [-0.4, -0.2) is 15.8 Å². The highest BCUT2D eigenvalue weighted by atomic mass is 15.2. The topological polar surface area (TPSA) is 16.3 Å². The van der Waals surface area contributed by atoms with Crippen molar-refractivity contribution >= 4 is 101 Å². The number of hydrogen-bond donors (Lipinski definition) is 0. The summed E-state index contributed by atoms with van der Waals surface area (Å²) >= 11 is 0. The summed E-state index contributed by atoms with van der Waals surface area (Å²) in [7, 11) is 0. The van der Waals surface area contributed by atoms with Gasteiger partial charge in [0.25, 0.3) is 6.71 Å². The van der Waals surface area contributed by atoms with Crippen LogP contribution in [0.5, 0.6) is 0 Å². The molecule has 0 spiro atoms. The third-order valence-electron chi connectivity index (χ3n) is 21.3. The Labute approximate surface area is 584 Å². The number of para-hydroxylation sites is 6. The van der Waals surface area contributed by atoms with Crippen molar-refractivity contribution in [3.8, 4) is 55.9 Å². The zero-order valence-electron chi connectivity index (χ0n) is 59.0. The first kappa shape index (κ1) is 61.7. The van der Waals surface area contributed by atoms with Crippen LogP contribution < -0.4 is 26.2 Å². The largest absolute Gasteiger partial charge is 0.311 e. The van der Waals surface area contributed by atoms with Crippen LogP contribution in [0.3, 0.4) is 0 Å². The van der Waals surface area contributed by atoms with Gasteiger partial charge in [-0.15, -0.1) is 0 Å². The maximum absolute atomic E-state index is 2.63. The van der Waals surface area contributed by atoms with E-state index in [0.717, 1.165) is 45.5 Å². The molecule has 0 bridgehead atoms. The normalized spacial score (nSPS) is 13.2. The summed E-state index contributed by atoms with van der Waals surface area (Å²) in [6, 6.07) is 109. The molecule has 0 atom stereocenters. The Morgan fingerprint density at radius 3 is 0.990 bits per heavy atom. The van der Waals surface area contributed by atoms with Crippen LogP contribution in [0.2, 0.25) is 0 Å². The zero-order valence-corrected chi connectivity index (χ0v) is 59.0. The molecule has 0 amide bonds. The lowest BCUT2D eigenvalue weighted by Gasteiger charge is -2.45. The summed E-state index contributed by atoms with van der Waals surface area (Å²) in [6.07, 6.45) is 0. The van der Waals surface area contributed by atoms with E-state index in [1.165, 1.54) is 127 Å². The highest BCUT2D eigenvalue weighted by Gasteiger charge is 2.45. The maximum Gasteiger partial charge on any atom is 0.252 e. The molecule has 2 aromatic heterocycles. The Kier molecular flexibility index (Phi) is 14.2. The van der Waals surface area contributed by atoms with Gasteiger partial charge in [-0.05, 0) is 143 Å². The molecule has 0 N–H and O–H groups in total. The van der Waals surface area contributed by atoms with Crippen molar-refractivity contribution in [1.82, 2.24) is 9.13 Å². The van der Waals surface area contributed by atoms with Crippen LogP contribution in [0.1, 0.15) is 105 Å². The zero-order chi connectivity index (χ0) is 68.0. The molecule has 2 aliphatic rings. The molecule has 4 nitrogen and oxygen atoms in total. The van der Waals surface area contributed by atoms with Gasteiger partial charge in [-0.3, -0.25) is 0 Å². The minimum Gasteiger partial charge on any atom is -0.311 e. The summed E-state index contributed by atoms with van der Waals surface area (Å²) in [5.74, 6) is 0.